The molecule has 2 aromatic rings. The summed E-state index contributed by atoms with van der Waals surface area (Å²) in [4.78, 5) is 22.4. The molecule has 7 nitrogen and oxygen atoms in total. The Labute approximate surface area is 146 Å². The maximum Gasteiger partial charge on any atom is 0.269 e. The maximum absolute atomic E-state index is 12.2. The molecule has 0 atom stereocenters. The Morgan fingerprint density at radius 3 is 2.68 bits per heavy atom. The van der Waals surface area contributed by atoms with Gasteiger partial charge in [0.25, 0.3) is 11.6 Å². The van der Waals surface area contributed by atoms with E-state index in [1.54, 1.807) is 18.3 Å². The van der Waals surface area contributed by atoms with Crippen molar-refractivity contribution < 1.29 is 9.72 Å². The number of amides is 1. The van der Waals surface area contributed by atoms with E-state index in [0.717, 1.165) is 12.3 Å². The molecule has 0 spiro atoms. The lowest BCUT2D eigenvalue weighted by atomic mass is 10.0. The van der Waals surface area contributed by atoms with Crippen LogP contribution in [0.5, 0.6) is 0 Å². The fraction of sp³-hybridized carbons (Fsp3) is 0.444. The molecule has 7 heteroatoms. The molecule has 132 valence electrons. The van der Waals surface area contributed by atoms with Crippen LogP contribution in [-0.2, 0) is 0 Å². The first-order valence-electron chi connectivity index (χ1n) is 8.71. The summed E-state index contributed by atoms with van der Waals surface area (Å²) in [5.41, 5.74) is 1.18. The Morgan fingerprint density at radius 1 is 1.28 bits per heavy atom. The minimum atomic E-state index is -0.447. The molecule has 1 fully saturated rings. The number of hydrogen-bond donors (Lipinski definition) is 1. The molecule has 0 unspecified atom stereocenters. The summed E-state index contributed by atoms with van der Waals surface area (Å²) >= 11 is 0. The number of carbonyl (C=O) groups is 1. The van der Waals surface area contributed by atoms with Gasteiger partial charge in [-0.1, -0.05) is 25.7 Å². The lowest BCUT2D eigenvalue weighted by Crippen LogP contribution is -2.24. The van der Waals surface area contributed by atoms with E-state index < -0.39 is 4.92 Å². The van der Waals surface area contributed by atoms with Gasteiger partial charge in [0.15, 0.2) is 0 Å². The van der Waals surface area contributed by atoms with Crippen molar-refractivity contribution in [2.24, 2.45) is 5.92 Å². The van der Waals surface area contributed by atoms with Crippen molar-refractivity contribution in [2.75, 3.05) is 6.54 Å². The second-order valence-corrected chi connectivity index (χ2v) is 6.50. The fourth-order valence-corrected chi connectivity index (χ4v) is 3.30. The molecule has 0 saturated heterocycles. The largest absolute Gasteiger partial charge is 0.352 e. The van der Waals surface area contributed by atoms with E-state index in [0.29, 0.717) is 17.8 Å². The van der Waals surface area contributed by atoms with Gasteiger partial charge < -0.3 is 5.32 Å². The van der Waals surface area contributed by atoms with Gasteiger partial charge in [-0.3, -0.25) is 14.9 Å². The lowest BCUT2D eigenvalue weighted by Gasteiger charge is -2.08. The Morgan fingerprint density at radius 2 is 2.00 bits per heavy atom. The minimum Gasteiger partial charge on any atom is -0.352 e. The van der Waals surface area contributed by atoms with Crippen LogP contribution in [0.1, 0.15) is 48.9 Å². The normalized spacial score (nSPS) is 14.6. The summed E-state index contributed by atoms with van der Waals surface area (Å²) in [7, 11) is 0. The number of non-ortho nitro benzene ring substituents is 1. The van der Waals surface area contributed by atoms with Gasteiger partial charge in [0.05, 0.1) is 22.4 Å². The molecule has 1 aliphatic rings. The molecule has 0 aliphatic heterocycles. The van der Waals surface area contributed by atoms with E-state index in [2.05, 4.69) is 10.4 Å². The van der Waals surface area contributed by atoms with Gasteiger partial charge in [-0.25, -0.2) is 4.68 Å². The van der Waals surface area contributed by atoms with Crippen molar-refractivity contribution >= 4 is 11.6 Å². The molecule has 1 amide bonds. The third kappa shape index (κ3) is 4.43. The number of nitro groups is 1. The van der Waals surface area contributed by atoms with Crippen molar-refractivity contribution in [1.82, 2.24) is 15.1 Å². The number of nitrogens with one attached hydrogen (secondary N) is 1. The van der Waals surface area contributed by atoms with Crippen LogP contribution in [0.3, 0.4) is 0 Å². The monoisotopic (exact) mass is 342 g/mol. The number of carbonyl (C=O) groups excluding carboxylic acids is 1. The van der Waals surface area contributed by atoms with Crippen LogP contribution in [0.2, 0.25) is 0 Å². The Hall–Kier alpha value is -2.70. The quantitative estimate of drug-likeness (QED) is 0.474. The van der Waals surface area contributed by atoms with E-state index in [1.165, 1.54) is 55.1 Å². The molecule has 1 aliphatic carbocycles. The molecular weight excluding hydrogens is 320 g/mol. The predicted molar refractivity (Wildman–Crippen MR) is 93.7 cm³/mol. The molecule has 1 aromatic carbocycles. The van der Waals surface area contributed by atoms with Crippen LogP contribution in [0.25, 0.3) is 5.69 Å². The SMILES string of the molecule is O=C(NCCCC1CCCC1)c1cnn(-c2ccc([N+](=O)[O-])cc2)c1. The highest BCUT2D eigenvalue weighted by Gasteiger charge is 2.15. The van der Waals surface area contributed by atoms with E-state index in [-0.39, 0.29) is 11.6 Å². The average Bonchev–Trinajstić information content (AvgIpc) is 3.30. The molecule has 1 aromatic heterocycles. The molecule has 0 radical (unpaired) electrons. The molecular formula is C18H22N4O3. The summed E-state index contributed by atoms with van der Waals surface area (Å²) in [6.45, 7) is 0.679. The molecule has 0 bridgehead atoms. The van der Waals surface area contributed by atoms with E-state index in [4.69, 9.17) is 0 Å². The number of aromatic nitrogens is 2. The van der Waals surface area contributed by atoms with Crippen molar-refractivity contribution in [2.45, 2.75) is 38.5 Å². The standard InChI is InChI=1S/C18H22N4O3/c23-18(19-11-3-6-14-4-1-2-5-14)15-12-20-21(13-15)16-7-9-17(10-8-16)22(24)25/h7-10,12-14H,1-6,11H2,(H,19,23). The molecule has 1 heterocycles. The van der Waals surface area contributed by atoms with Gasteiger partial charge in [-0.05, 0) is 30.9 Å². The van der Waals surface area contributed by atoms with E-state index in [1.807, 2.05) is 0 Å². The summed E-state index contributed by atoms with van der Waals surface area (Å²) in [5.74, 6) is 0.696. The average molecular weight is 342 g/mol. The summed E-state index contributed by atoms with van der Waals surface area (Å²) in [6.07, 6.45) is 10.7. The van der Waals surface area contributed by atoms with Crippen LogP contribution < -0.4 is 5.32 Å². The smallest absolute Gasteiger partial charge is 0.269 e. The number of benzene rings is 1. The Kier molecular flexibility index (Phi) is 5.42. The highest BCUT2D eigenvalue weighted by Crippen LogP contribution is 2.28. The summed E-state index contributed by atoms with van der Waals surface area (Å²) < 4.78 is 1.54. The van der Waals surface area contributed by atoms with Gasteiger partial charge in [-0.15, -0.1) is 0 Å². The molecule has 1 N–H and O–H groups in total. The van der Waals surface area contributed by atoms with Crippen LogP contribution in [0, 0.1) is 16.0 Å². The van der Waals surface area contributed by atoms with Gasteiger partial charge in [0.2, 0.25) is 0 Å². The number of nitrogens with zero attached hydrogens (tertiary/aromatic N) is 3. The first-order valence-corrected chi connectivity index (χ1v) is 8.71. The Bertz CT molecular complexity index is 733. The molecule has 3 rings (SSSR count). The minimum absolute atomic E-state index is 0.0242. The summed E-state index contributed by atoms with van der Waals surface area (Å²) in [6, 6.07) is 6.04. The fourth-order valence-electron chi connectivity index (χ4n) is 3.30. The molecule has 25 heavy (non-hydrogen) atoms. The van der Waals surface area contributed by atoms with Gasteiger partial charge >= 0.3 is 0 Å². The van der Waals surface area contributed by atoms with Crippen LogP contribution in [0.4, 0.5) is 5.69 Å². The van der Waals surface area contributed by atoms with Crippen LogP contribution in [0.15, 0.2) is 36.7 Å². The zero-order valence-electron chi connectivity index (χ0n) is 14.1. The van der Waals surface area contributed by atoms with E-state index >= 15 is 0 Å². The highest BCUT2D eigenvalue weighted by molar-refractivity contribution is 5.93. The first-order chi connectivity index (χ1) is 12.1. The predicted octanol–water partition coefficient (Wildman–Crippen LogP) is 3.48. The number of hydrogen-bond acceptors (Lipinski definition) is 4. The van der Waals surface area contributed by atoms with Crippen LogP contribution in [-0.4, -0.2) is 27.2 Å². The Balaban J connectivity index is 1.51. The number of nitro benzene ring substituents is 1. The second-order valence-electron chi connectivity index (χ2n) is 6.50. The zero-order valence-corrected chi connectivity index (χ0v) is 14.1. The van der Waals surface area contributed by atoms with Gasteiger partial charge in [-0.2, -0.15) is 5.10 Å². The van der Waals surface area contributed by atoms with Crippen molar-refractivity contribution in [3.05, 3.63) is 52.3 Å². The topological polar surface area (TPSA) is 90.1 Å². The lowest BCUT2D eigenvalue weighted by molar-refractivity contribution is -0.384. The third-order valence-electron chi connectivity index (χ3n) is 4.72. The van der Waals surface area contributed by atoms with Crippen molar-refractivity contribution in [1.29, 1.82) is 0 Å². The van der Waals surface area contributed by atoms with Gasteiger partial charge in [0, 0.05) is 24.9 Å². The zero-order chi connectivity index (χ0) is 17.6. The summed E-state index contributed by atoms with van der Waals surface area (Å²) in [5, 5.41) is 17.8. The third-order valence-corrected chi connectivity index (χ3v) is 4.72. The number of rotatable bonds is 7. The van der Waals surface area contributed by atoms with Crippen molar-refractivity contribution in [3.63, 3.8) is 0 Å². The van der Waals surface area contributed by atoms with E-state index in [9.17, 15) is 14.9 Å². The van der Waals surface area contributed by atoms with Crippen LogP contribution >= 0.6 is 0 Å². The first kappa shape index (κ1) is 17.1. The van der Waals surface area contributed by atoms with Gasteiger partial charge in [0.1, 0.15) is 0 Å². The second kappa shape index (κ2) is 7.92. The maximum atomic E-state index is 12.2. The van der Waals surface area contributed by atoms with Crippen molar-refractivity contribution in [3.8, 4) is 5.69 Å². The highest BCUT2D eigenvalue weighted by atomic mass is 16.6. The molecule has 1 saturated carbocycles.